The molecule has 1 rings (SSSR count). The Morgan fingerprint density at radius 1 is 1.23 bits per heavy atom. The van der Waals surface area contributed by atoms with Crippen molar-refractivity contribution in [1.82, 2.24) is 15.5 Å². The first kappa shape index (κ1) is 18.5. The molecule has 0 atom stereocenters. The van der Waals surface area contributed by atoms with Gasteiger partial charge < -0.3 is 10.6 Å². The molecule has 0 aliphatic carbocycles. The first-order valence-electron chi connectivity index (χ1n) is 7.59. The predicted molar refractivity (Wildman–Crippen MR) is 88.8 cm³/mol. The molecule has 0 unspecified atom stereocenters. The molecule has 0 aliphatic heterocycles. The summed E-state index contributed by atoms with van der Waals surface area (Å²) in [6.45, 7) is 10.3. The highest BCUT2D eigenvalue weighted by molar-refractivity contribution is 7.15. The van der Waals surface area contributed by atoms with Crippen LogP contribution in [0.2, 0.25) is 0 Å². The van der Waals surface area contributed by atoms with E-state index in [1.807, 2.05) is 20.8 Å². The number of carbonyl (C=O) groups is 2. The quantitative estimate of drug-likeness (QED) is 0.754. The number of hydrogen-bond acceptors (Lipinski definition) is 5. The van der Waals surface area contributed by atoms with Crippen LogP contribution in [0.15, 0.2) is 0 Å². The van der Waals surface area contributed by atoms with Gasteiger partial charge in [-0.3, -0.25) is 9.59 Å². The molecule has 1 heterocycles. The van der Waals surface area contributed by atoms with Crippen LogP contribution < -0.4 is 10.6 Å². The SMILES string of the molecule is CC(C)Cc1nnc(NC(=O)CCCNC(=O)C(C)(C)C)s1. The Hall–Kier alpha value is -1.50. The van der Waals surface area contributed by atoms with Crippen LogP contribution in [0.1, 0.15) is 52.5 Å². The standard InChI is InChI=1S/C15H26N4O2S/c1-10(2)9-12-18-19-14(22-12)17-11(20)7-6-8-16-13(21)15(3,4)5/h10H,6-9H2,1-5H3,(H,16,21)(H,17,19,20). The highest BCUT2D eigenvalue weighted by Crippen LogP contribution is 2.18. The molecule has 0 aliphatic rings. The second-order valence-electron chi connectivity index (χ2n) is 6.76. The molecule has 1 aromatic heterocycles. The molecule has 0 saturated carbocycles. The maximum absolute atomic E-state index is 11.8. The number of aromatic nitrogens is 2. The van der Waals surface area contributed by atoms with Gasteiger partial charge in [-0.05, 0) is 12.3 Å². The molecule has 0 saturated heterocycles. The fourth-order valence-electron chi connectivity index (χ4n) is 1.63. The lowest BCUT2D eigenvalue weighted by molar-refractivity contribution is -0.128. The minimum absolute atomic E-state index is 0.00430. The number of nitrogens with one attached hydrogen (secondary N) is 2. The molecule has 1 aromatic rings. The first-order chi connectivity index (χ1) is 10.2. The van der Waals surface area contributed by atoms with E-state index in [1.165, 1.54) is 11.3 Å². The van der Waals surface area contributed by atoms with Gasteiger partial charge in [0.25, 0.3) is 0 Å². The van der Waals surface area contributed by atoms with Crippen molar-refractivity contribution in [1.29, 1.82) is 0 Å². The minimum atomic E-state index is -0.401. The summed E-state index contributed by atoms with van der Waals surface area (Å²) in [5.74, 6) is 0.413. The molecular weight excluding hydrogens is 300 g/mol. The van der Waals surface area contributed by atoms with Crippen LogP contribution in [0.3, 0.4) is 0 Å². The smallest absolute Gasteiger partial charge is 0.226 e. The third-order valence-electron chi connectivity index (χ3n) is 2.84. The Kier molecular flexibility index (Phi) is 6.93. The molecule has 0 aromatic carbocycles. The summed E-state index contributed by atoms with van der Waals surface area (Å²) >= 11 is 1.41. The molecule has 0 bridgehead atoms. The number of rotatable bonds is 7. The second-order valence-corrected chi connectivity index (χ2v) is 7.82. The molecule has 0 fully saturated rings. The van der Waals surface area contributed by atoms with Crippen molar-refractivity contribution < 1.29 is 9.59 Å². The molecule has 22 heavy (non-hydrogen) atoms. The highest BCUT2D eigenvalue weighted by atomic mass is 32.1. The molecule has 0 radical (unpaired) electrons. The average molecular weight is 326 g/mol. The lowest BCUT2D eigenvalue weighted by Gasteiger charge is -2.17. The van der Waals surface area contributed by atoms with E-state index in [0.717, 1.165) is 11.4 Å². The summed E-state index contributed by atoms with van der Waals surface area (Å²) in [6.07, 6.45) is 1.82. The number of carbonyl (C=O) groups excluding carboxylic acids is 2. The van der Waals surface area contributed by atoms with Crippen molar-refractivity contribution in [2.24, 2.45) is 11.3 Å². The van der Waals surface area contributed by atoms with Gasteiger partial charge in [-0.2, -0.15) is 0 Å². The van der Waals surface area contributed by atoms with Crippen molar-refractivity contribution >= 4 is 28.3 Å². The fraction of sp³-hybridized carbons (Fsp3) is 0.733. The van der Waals surface area contributed by atoms with Crippen molar-refractivity contribution in [2.75, 3.05) is 11.9 Å². The zero-order valence-electron chi connectivity index (χ0n) is 14.0. The van der Waals surface area contributed by atoms with Gasteiger partial charge in [-0.25, -0.2) is 0 Å². The van der Waals surface area contributed by atoms with Crippen LogP contribution in [0.5, 0.6) is 0 Å². The Labute approximate surface area is 136 Å². The summed E-state index contributed by atoms with van der Waals surface area (Å²) in [7, 11) is 0. The van der Waals surface area contributed by atoms with E-state index >= 15 is 0 Å². The van der Waals surface area contributed by atoms with E-state index < -0.39 is 5.41 Å². The van der Waals surface area contributed by atoms with Crippen LogP contribution in [-0.2, 0) is 16.0 Å². The minimum Gasteiger partial charge on any atom is -0.356 e. The lowest BCUT2D eigenvalue weighted by atomic mass is 9.96. The zero-order valence-corrected chi connectivity index (χ0v) is 14.8. The number of anilines is 1. The van der Waals surface area contributed by atoms with Crippen LogP contribution >= 0.6 is 11.3 Å². The summed E-state index contributed by atoms with van der Waals surface area (Å²) in [5, 5.41) is 15.1. The van der Waals surface area contributed by atoms with E-state index in [2.05, 4.69) is 34.7 Å². The molecule has 6 nitrogen and oxygen atoms in total. The third kappa shape index (κ3) is 6.98. The maximum Gasteiger partial charge on any atom is 0.226 e. The van der Waals surface area contributed by atoms with Gasteiger partial charge in [-0.15, -0.1) is 10.2 Å². The molecular formula is C15H26N4O2S. The third-order valence-corrected chi connectivity index (χ3v) is 3.70. The van der Waals surface area contributed by atoms with E-state index in [4.69, 9.17) is 0 Å². The van der Waals surface area contributed by atoms with E-state index in [1.54, 1.807) is 0 Å². The second kappa shape index (κ2) is 8.22. The Bertz CT molecular complexity index is 506. The fourth-order valence-corrected chi connectivity index (χ4v) is 2.60. The number of hydrogen-bond donors (Lipinski definition) is 2. The molecule has 7 heteroatoms. The zero-order chi connectivity index (χ0) is 16.8. The summed E-state index contributed by atoms with van der Waals surface area (Å²) in [6, 6.07) is 0. The van der Waals surface area contributed by atoms with Crippen molar-refractivity contribution in [2.45, 2.75) is 53.9 Å². The molecule has 2 amide bonds. The first-order valence-corrected chi connectivity index (χ1v) is 8.40. The van der Waals surface area contributed by atoms with Gasteiger partial charge in [0.2, 0.25) is 16.9 Å². The van der Waals surface area contributed by atoms with Gasteiger partial charge in [0.05, 0.1) is 0 Å². The summed E-state index contributed by atoms with van der Waals surface area (Å²) < 4.78 is 0. The van der Waals surface area contributed by atoms with Crippen LogP contribution in [0.4, 0.5) is 5.13 Å². The Morgan fingerprint density at radius 3 is 2.50 bits per heavy atom. The average Bonchev–Trinajstić information content (AvgIpc) is 2.79. The van der Waals surface area contributed by atoms with E-state index in [9.17, 15) is 9.59 Å². The topological polar surface area (TPSA) is 84.0 Å². The monoisotopic (exact) mass is 326 g/mol. The largest absolute Gasteiger partial charge is 0.356 e. The number of amides is 2. The van der Waals surface area contributed by atoms with E-state index in [0.29, 0.717) is 30.4 Å². The van der Waals surface area contributed by atoms with Crippen molar-refractivity contribution in [3.63, 3.8) is 0 Å². The van der Waals surface area contributed by atoms with Crippen LogP contribution in [0.25, 0.3) is 0 Å². The Balaban J connectivity index is 2.26. The van der Waals surface area contributed by atoms with Crippen molar-refractivity contribution in [3.05, 3.63) is 5.01 Å². The molecule has 124 valence electrons. The van der Waals surface area contributed by atoms with Gasteiger partial charge >= 0.3 is 0 Å². The Morgan fingerprint density at radius 2 is 1.91 bits per heavy atom. The van der Waals surface area contributed by atoms with Gasteiger partial charge in [0.1, 0.15) is 5.01 Å². The number of nitrogens with zero attached hydrogens (tertiary/aromatic N) is 2. The summed E-state index contributed by atoms with van der Waals surface area (Å²) in [5.41, 5.74) is -0.401. The normalized spacial score (nSPS) is 11.5. The highest BCUT2D eigenvalue weighted by Gasteiger charge is 2.20. The molecule has 2 N–H and O–H groups in total. The van der Waals surface area contributed by atoms with Crippen molar-refractivity contribution in [3.8, 4) is 0 Å². The maximum atomic E-state index is 11.8. The van der Waals surface area contributed by atoms with Crippen LogP contribution in [-0.4, -0.2) is 28.6 Å². The van der Waals surface area contributed by atoms with Gasteiger partial charge in [-0.1, -0.05) is 46.0 Å². The molecule has 0 spiro atoms. The van der Waals surface area contributed by atoms with E-state index in [-0.39, 0.29) is 11.8 Å². The van der Waals surface area contributed by atoms with Crippen LogP contribution in [0, 0.1) is 11.3 Å². The van der Waals surface area contributed by atoms with Gasteiger partial charge in [0, 0.05) is 24.8 Å². The lowest BCUT2D eigenvalue weighted by Crippen LogP contribution is -2.35. The van der Waals surface area contributed by atoms with Gasteiger partial charge in [0.15, 0.2) is 0 Å². The predicted octanol–water partition coefficient (Wildman–Crippen LogP) is 2.62. The summed E-state index contributed by atoms with van der Waals surface area (Å²) in [4.78, 5) is 23.5.